The number of urea groups is 1. The number of aryl methyl sites for hydroxylation is 1. The molecule has 2 amide bonds. The van der Waals surface area contributed by atoms with Gasteiger partial charge in [0.1, 0.15) is 0 Å². The van der Waals surface area contributed by atoms with Gasteiger partial charge in [0.05, 0.1) is 0 Å². The molecule has 4 heteroatoms. The number of amides is 2. The molecule has 3 rings (SSSR count). The second kappa shape index (κ2) is 9.56. The highest BCUT2D eigenvalue weighted by atomic mass is 16.2. The van der Waals surface area contributed by atoms with Crippen LogP contribution in [0.25, 0.3) is 0 Å². The van der Waals surface area contributed by atoms with Gasteiger partial charge in [0.2, 0.25) is 0 Å². The molecule has 0 aromatic heterocycles. The Hall–Kier alpha value is -2.33. The Bertz CT molecular complexity index is 731. The fourth-order valence-corrected chi connectivity index (χ4v) is 3.88. The molecule has 0 aliphatic carbocycles. The van der Waals surface area contributed by atoms with E-state index in [1.807, 2.05) is 42.3 Å². The number of anilines is 1. The molecule has 1 aliphatic rings. The summed E-state index contributed by atoms with van der Waals surface area (Å²) in [6.45, 7) is 6.34. The monoisotopic (exact) mass is 365 g/mol. The zero-order valence-corrected chi connectivity index (χ0v) is 16.5. The molecule has 0 bridgehead atoms. The minimum absolute atomic E-state index is 0.0294. The number of piperidine rings is 1. The molecule has 1 saturated heterocycles. The SMILES string of the molecule is Cc1ccccc1CCN1CCC[C@H](CN(C)C(=O)Nc2ccccc2)C1. The van der Waals surface area contributed by atoms with Crippen molar-refractivity contribution in [2.75, 3.05) is 38.5 Å². The smallest absolute Gasteiger partial charge is 0.321 e. The number of carbonyl (C=O) groups is 1. The zero-order chi connectivity index (χ0) is 19.1. The molecule has 144 valence electrons. The molecule has 2 aromatic carbocycles. The largest absolute Gasteiger partial charge is 0.327 e. The Balaban J connectivity index is 1.46. The minimum Gasteiger partial charge on any atom is -0.327 e. The third kappa shape index (κ3) is 5.83. The van der Waals surface area contributed by atoms with Crippen molar-refractivity contribution in [2.45, 2.75) is 26.2 Å². The first-order valence-electron chi connectivity index (χ1n) is 9.96. The van der Waals surface area contributed by atoms with Crippen molar-refractivity contribution in [3.05, 3.63) is 65.7 Å². The van der Waals surface area contributed by atoms with Crippen molar-refractivity contribution in [1.29, 1.82) is 0 Å². The number of likely N-dealkylation sites (tertiary alicyclic amines) is 1. The van der Waals surface area contributed by atoms with Crippen LogP contribution in [0.3, 0.4) is 0 Å². The number of nitrogens with zero attached hydrogens (tertiary/aromatic N) is 2. The molecule has 1 heterocycles. The van der Waals surface area contributed by atoms with Gasteiger partial charge in [-0.25, -0.2) is 4.79 Å². The van der Waals surface area contributed by atoms with E-state index in [1.165, 1.54) is 30.5 Å². The Kier molecular flexibility index (Phi) is 6.88. The van der Waals surface area contributed by atoms with Crippen molar-refractivity contribution in [2.24, 2.45) is 5.92 Å². The van der Waals surface area contributed by atoms with E-state index in [0.717, 1.165) is 31.7 Å². The molecule has 0 radical (unpaired) electrons. The van der Waals surface area contributed by atoms with Gasteiger partial charge in [-0.1, -0.05) is 42.5 Å². The van der Waals surface area contributed by atoms with E-state index in [-0.39, 0.29) is 6.03 Å². The van der Waals surface area contributed by atoms with Crippen LogP contribution in [0, 0.1) is 12.8 Å². The van der Waals surface area contributed by atoms with Crippen LogP contribution in [0.4, 0.5) is 10.5 Å². The molecule has 2 aromatic rings. The molecule has 0 saturated carbocycles. The summed E-state index contributed by atoms with van der Waals surface area (Å²) in [6.07, 6.45) is 3.51. The normalized spacial score (nSPS) is 17.5. The molecule has 1 N–H and O–H groups in total. The first-order valence-corrected chi connectivity index (χ1v) is 9.96. The molecular formula is C23H31N3O. The number of hydrogen-bond acceptors (Lipinski definition) is 2. The van der Waals surface area contributed by atoms with Crippen LogP contribution in [0.1, 0.15) is 24.0 Å². The summed E-state index contributed by atoms with van der Waals surface area (Å²) in [5, 5.41) is 2.97. The van der Waals surface area contributed by atoms with E-state index in [2.05, 4.69) is 41.4 Å². The molecule has 1 aliphatic heterocycles. The summed E-state index contributed by atoms with van der Waals surface area (Å²) < 4.78 is 0. The van der Waals surface area contributed by atoms with Gasteiger partial charge in [-0.3, -0.25) is 0 Å². The lowest BCUT2D eigenvalue weighted by Crippen LogP contribution is -2.43. The van der Waals surface area contributed by atoms with E-state index in [1.54, 1.807) is 0 Å². The van der Waals surface area contributed by atoms with Crippen LogP contribution in [0.2, 0.25) is 0 Å². The summed E-state index contributed by atoms with van der Waals surface area (Å²) in [6, 6.07) is 18.3. The van der Waals surface area contributed by atoms with Crippen LogP contribution in [-0.4, -0.2) is 49.1 Å². The van der Waals surface area contributed by atoms with E-state index >= 15 is 0 Å². The van der Waals surface area contributed by atoms with Gasteiger partial charge < -0.3 is 15.1 Å². The average molecular weight is 366 g/mol. The topological polar surface area (TPSA) is 35.6 Å². The number of rotatable bonds is 6. The molecule has 1 fully saturated rings. The molecule has 27 heavy (non-hydrogen) atoms. The van der Waals surface area contributed by atoms with Gasteiger partial charge in [-0.2, -0.15) is 0 Å². The third-order valence-corrected chi connectivity index (χ3v) is 5.47. The Morgan fingerprint density at radius 2 is 1.89 bits per heavy atom. The highest BCUT2D eigenvalue weighted by Gasteiger charge is 2.22. The predicted octanol–water partition coefficient (Wildman–Crippen LogP) is 4.41. The number of benzene rings is 2. The summed E-state index contributed by atoms with van der Waals surface area (Å²) in [7, 11) is 1.89. The third-order valence-electron chi connectivity index (χ3n) is 5.47. The summed E-state index contributed by atoms with van der Waals surface area (Å²) in [5.74, 6) is 0.544. The van der Waals surface area contributed by atoms with Crippen LogP contribution in [0.15, 0.2) is 54.6 Å². The molecule has 4 nitrogen and oxygen atoms in total. The average Bonchev–Trinajstić information content (AvgIpc) is 2.68. The molecule has 0 unspecified atom stereocenters. The lowest BCUT2D eigenvalue weighted by molar-refractivity contribution is 0.150. The van der Waals surface area contributed by atoms with Gasteiger partial charge >= 0.3 is 6.03 Å². The van der Waals surface area contributed by atoms with E-state index in [0.29, 0.717) is 5.92 Å². The van der Waals surface area contributed by atoms with Gasteiger partial charge in [0, 0.05) is 32.4 Å². The van der Waals surface area contributed by atoms with Crippen LogP contribution < -0.4 is 5.32 Å². The number of nitrogens with one attached hydrogen (secondary N) is 1. The first kappa shape index (κ1) is 19.4. The van der Waals surface area contributed by atoms with Crippen LogP contribution >= 0.6 is 0 Å². The lowest BCUT2D eigenvalue weighted by Gasteiger charge is -2.34. The standard InChI is InChI=1S/C23H31N3O/c1-19-9-6-7-11-21(19)14-16-26-15-8-10-20(18-26)17-25(2)23(27)24-22-12-4-3-5-13-22/h3-7,9,11-13,20H,8,10,14-18H2,1-2H3,(H,24,27)/t20-/m1/s1. The van der Waals surface area contributed by atoms with Crippen molar-refractivity contribution < 1.29 is 4.79 Å². The van der Waals surface area contributed by atoms with Crippen molar-refractivity contribution in [3.8, 4) is 0 Å². The van der Waals surface area contributed by atoms with Crippen molar-refractivity contribution in [1.82, 2.24) is 9.80 Å². The lowest BCUT2D eigenvalue weighted by atomic mass is 9.97. The highest BCUT2D eigenvalue weighted by Crippen LogP contribution is 2.19. The van der Waals surface area contributed by atoms with Gasteiger partial charge in [-0.05, 0) is 61.9 Å². The second-order valence-corrected chi connectivity index (χ2v) is 7.66. The Morgan fingerprint density at radius 3 is 2.67 bits per heavy atom. The van der Waals surface area contributed by atoms with E-state index < -0.39 is 0 Å². The summed E-state index contributed by atoms with van der Waals surface area (Å²) in [5.41, 5.74) is 3.67. The predicted molar refractivity (Wildman–Crippen MR) is 112 cm³/mol. The Labute approximate surface area is 163 Å². The van der Waals surface area contributed by atoms with E-state index in [4.69, 9.17) is 0 Å². The zero-order valence-electron chi connectivity index (χ0n) is 16.5. The maximum absolute atomic E-state index is 12.4. The Morgan fingerprint density at radius 1 is 1.15 bits per heavy atom. The second-order valence-electron chi connectivity index (χ2n) is 7.66. The number of para-hydroxylation sites is 1. The fraction of sp³-hybridized carbons (Fsp3) is 0.435. The number of hydrogen-bond donors (Lipinski definition) is 1. The van der Waals surface area contributed by atoms with Gasteiger partial charge in [0.15, 0.2) is 0 Å². The minimum atomic E-state index is -0.0294. The summed E-state index contributed by atoms with van der Waals surface area (Å²) in [4.78, 5) is 16.8. The summed E-state index contributed by atoms with van der Waals surface area (Å²) >= 11 is 0. The van der Waals surface area contributed by atoms with Gasteiger partial charge in [-0.15, -0.1) is 0 Å². The van der Waals surface area contributed by atoms with E-state index in [9.17, 15) is 4.79 Å². The van der Waals surface area contributed by atoms with Crippen molar-refractivity contribution in [3.63, 3.8) is 0 Å². The van der Waals surface area contributed by atoms with Crippen LogP contribution in [-0.2, 0) is 6.42 Å². The van der Waals surface area contributed by atoms with Gasteiger partial charge in [0.25, 0.3) is 0 Å². The molecular weight excluding hydrogens is 334 g/mol. The maximum Gasteiger partial charge on any atom is 0.321 e. The number of carbonyl (C=O) groups excluding carboxylic acids is 1. The highest BCUT2D eigenvalue weighted by molar-refractivity contribution is 5.89. The quantitative estimate of drug-likeness (QED) is 0.823. The molecule has 0 spiro atoms. The maximum atomic E-state index is 12.4. The first-order chi connectivity index (χ1) is 13.1. The van der Waals surface area contributed by atoms with Crippen LogP contribution in [0.5, 0.6) is 0 Å². The molecule has 1 atom stereocenters. The fourth-order valence-electron chi connectivity index (χ4n) is 3.88. The van der Waals surface area contributed by atoms with Crippen molar-refractivity contribution >= 4 is 11.7 Å².